The fourth-order valence-corrected chi connectivity index (χ4v) is 2.84. The number of esters is 1. The van der Waals surface area contributed by atoms with Crippen LogP contribution in [0.4, 0.5) is 0 Å². The van der Waals surface area contributed by atoms with E-state index in [9.17, 15) is 22.6 Å². The molecule has 0 saturated carbocycles. The number of hydrogen-bond donors (Lipinski definition) is 1. The van der Waals surface area contributed by atoms with Gasteiger partial charge < -0.3 is 19.1 Å². The molecule has 0 radical (unpaired) electrons. The Kier molecular flexibility index (Phi) is 7.89. The first-order valence-electron chi connectivity index (χ1n) is 7.12. The maximum Gasteiger partial charge on any atom is 0.330 e. The minimum absolute atomic E-state index is 0.157. The van der Waals surface area contributed by atoms with Crippen LogP contribution >= 0.6 is 0 Å². The van der Waals surface area contributed by atoms with Crippen molar-refractivity contribution in [3.63, 3.8) is 0 Å². The van der Waals surface area contributed by atoms with Gasteiger partial charge in [-0.05, 0) is 13.8 Å². The topological polar surface area (TPSA) is 113 Å². The van der Waals surface area contributed by atoms with E-state index in [4.69, 9.17) is 4.74 Å². The minimum Gasteiger partial charge on any atom is -0.748 e. The SMILES string of the molecule is C=CC(=O)OCC[N+](C)(C)CCC(=O)NC(C)(C)CS(=O)(=O)[O-]. The van der Waals surface area contributed by atoms with E-state index in [0.29, 0.717) is 17.6 Å². The Bertz CT molecular complexity index is 539. The molecular formula is C14H26N2O6S. The lowest BCUT2D eigenvalue weighted by Crippen LogP contribution is -2.50. The predicted molar refractivity (Wildman–Crippen MR) is 84.4 cm³/mol. The molecule has 0 fully saturated rings. The second kappa shape index (κ2) is 8.42. The van der Waals surface area contributed by atoms with E-state index in [1.54, 1.807) is 0 Å². The van der Waals surface area contributed by atoms with Crippen LogP contribution in [0.5, 0.6) is 0 Å². The molecule has 0 aromatic heterocycles. The third-order valence-electron chi connectivity index (χ3n) is 3.07. The molecule has 0 aromatic rings. The Labute approximate surface area is 137 Å². The summed E-state index contributed by atoms with van der Waals surface area (Å²) in [5, 5.41) is 2.54. The molecule has 0 rings (SSSR count). The van der Waals surface area contributed by atoms with E-state index in [1.165, 1.54) is 13.8 Å². The van der Waals surface area contributed by atoms with Crippen LogP contribution in [-0.4, -0.2) is 74.4 Å². The average Bonchev–Trinajstić information content (AvgIpc) is 2.32. The van der Waals surface area contributed by atoms with Crippen molar-refractivity contribution in [3.05, 3.63) is 12.7 Å². The number of amides is 1. The minimum atomic E-state index is -4.42. The second-order valence-corrected chi connectivity index (χ2v) is 8.04. The molecule has 0 atom stereocenters. The van der Waals surface area contributed by atoms with Gasteiger partial charge in [0, 0.05) is 11.6 Å². The van der Waals surface area contributed by atoms with Crippen molar-refractivity contribution in [2.45, 2.75) is 25.8 Å². The monoisotopic (exact) mass is 350 g/mol. The smallest absolute Gasteiger partial charge is 0.330 e. The molecule has 0 saturated heterocycles. The molecule has 0 spiro atoms. The summed E-state index contributed by atoms with van der Waals surface area (Å²) in [5.74, 6) is -1.50. The molecule has 1 amide bonds. The summed E-state index contributed by atoms with van der Waals surface area (Å²) < 4.78 is 37.7. The zero-order valence-corrected chi connectivity index (χ0v) is 14.9. The van der Waals surface area contributed by atoms with Crippen molar-refractivity contribution in [2.24, 2.45) is 0 Å². The number of ether oxygens (including phenoxy) is 1. The van der Waals surface area contributed by atoms with Gasteiger partial charge in [0.25, 0.3) is 0 Å². The predicted octanol–water partition coefficient (Wildman–Crippen LogP) is -0.378. The number of carbonyl (C=O) groups is 2. The molecule has 0 aliphatic carbocycles. The molecule has 1 N–H and O–H groups in total. The van der Waals surface area contributed by atoms with Crippen molar-refractivity contribution >= 4 is 22.0 Å². The molecule has 23 heavy (non-hydrogen) atoms. The van der Waals surface area contributed by atoms with Gasteiger partial charge in [-0.1, -0.05) is 6.58 Å². The number of carbonyl (C=O) groups excluding carboxylic acids is 2. The number of likely N-dealkylation sites (N-methyl/N-ethyl adjacent to an activating group) is 1. The van der Waals surface area contributed by atoms with Gasteiger partial charge in [-0.2, -0.15) is 0 Å². The Morgan fingerprint density at radius 1 is 1.30 bits per heavy atom. The van der Waals surface area contributed by atoms with Crippen LogP contribution in [0.1, 0.15) is 20.3 Å². The summed E-state index contributed by atoms with van der Waals surface area (Å²) in [6, 6.07) is 0. The standard InChI is InChI=1S/C14H26N2O6S/c1-6-13(18)22-10-9-16(4,5)8-7-12(17)15-14(2,3)11-23(19,20)21/h6H,1,7-11H2,2-5H3,(H-,15,17,19,20,21). The van der Waals surface area contributed by atoms with Gasteiger partial charge >= 0.3 is 5.97 Å². The van der Waals surface area contributed by atoms with Crippen LogP contribution in [0.25, 0.3) is 0 Å². The van der Waals surface area contributed by atoms with Crippen LogP contribution in [0.2, 0.25) is 0 Å². The van der Waals surface area contributed by atoms with Gasteiger partial charge in [-0.15, -0.1) is 0 Å². The van der Waals surface area contributed by atoms with Gasteiger partial charge in [0.1, 0.15) is 13.2 Å². The summed E-state index contributed by atoms with van der Waals surface area (Å²) in [4.78, 5) is 22.9. The van der Waals surface area contributed by atoms with Gasteiger partial charge in [-0.3, -0.25) is 4.79 Å². The van der Waals surface area contributed by atoms with Crippen molar-refractivity contribution in [1.29, 1.82) is 0 Å². The number of nitrogens with zero attached hydrogens (tertiary/aromatic N) is 1. The highest BCUT2D eigenvalue weighted by Crippen LogP contribution is 2.07. The van der Waals surface area contributed by atoms with E-state index in [-0.39, 0.29) is 18.9 Å². The zero-order chi connectivity index (χ0) is 18.3. The molecule has 9 heteroatoms. The largest absolute Gasteiger partial charge is 0.748 e. The highest BCUT2D eigenvalue weighted by Gasteiger charge is 2.25. The summed E-state index contributed by atoms with van der Waals surface area (Å²) in [6.07, 6.45) is 1.24. The summed E-state index contributed by atoms with van der Waals surface area (Å²) in [7, 11) is -0.664. The van der Waals surface area contributed by atoms with E-state index in [0.717, 1.165) is 6.08 Å². The lowest BCUT2D eigenvalue weighted by Gasteiger charge is -2.31. The van der Waals surface area contributed by atoms with Crippen molar-refractivity contribution < 1.29 is 31.8 Å². The van der Waals surface area contributed by atoms with Crippen LogP contribution in [0, 0.1) is 0 Å². The summed E-state index contributed by atoms with van der Waals surface area (Å²) in [6.45, 7) is 7.46. The molecule has 0 heterocycles. The Morgan fingerprint density at radius 3 is 2.35 bits per heavy atom. The number of nitrogens with one attached hydrogen (secondary N) is 1. The molecule has 0 aliphatic heterocycles. The van der Waals surface area contributed by atoms with Crippen molar-refractivity contribution in [1.82, 2.24) is 5.32 Å². The van der Waals surface area contributed by atoms with E-state index in [2.05, 4.69) is 11.9 Å². The third-order valence-corrected chi connectivity index (χ3v) is 4.14. The maximum atomic E-state index is 11.9. The number of hydrogen-bond acceptors (Lipinski definition) is 6. The van der Waals surface area contributed by atoms with Gasteiger partial charge in [-0.25, -0.2) is 13.2 Å². The second-order valence-electron chi connectivity index (χ2n) is 6.64. The molecular weight excluding hydrogens is 324 g/mol. The number of rotatable bonds is 10. The van der Waals surface area contributed by atoms with Crippen LogP contribution in [0.15, 0.2) is 12.7 Å². The van der Waals surface area contributed by atoms with E-state index < -0.39 is 27.4 Å². The number of quaternary nitrogens is 1. The van der Waals surface area contributed by atoms with Crippen LogP contribution in [-0.2, 0) is 24.4 Å². The van der Waals surface area contributed by atoms with Crippen LogP contribution < -0.4 is 5.32 Å². The molecule has 0 aliphatic rings. The fraction of sp³-hybridized carbons (Fsp3) is 0.714. The van der Waals surface area contributed by atoms with Gasteiger partial charge in [0.05, 0.1) is 42.9 Å². The van der Waals surface area contributed by atoms with Crippen molar-refractivity contribution in [2.75, 3.05) is 39.5 Å². The highest BCUT2D eigenvalue weighted by atomic mass is 32.2. The summed E-state index contributed by atoms with van der Waals surface area (Å²) >= 11 is 0. The lowest BCUT2D eigenvalue weighted by atomic mass is 10.1. The highest BCUT2D eigenvalue weighted by molar-refractivity contribution is 7.85. The molecule has 0 bridgehead atoms. The zero-order valence-electron chi connectivity index (χ0n) is 14.1. The maximum absolute atomic E-state index is 11.9. The molecule has 0 aromatic carbocycles. The molecule has 8 nitrogen and oxygen atoms in total. The normalized spacial score (nSPS) is 12.6. The van der Waals surface area contributed by atoms with Gasteiger partial charge in [0.2, 0.25) is 5.91 Å². The van der Waals surface area contributed by atoms with E-state index in [1.807, 2.05) is 14.1 Å². The quantitative estimate of drug-likeness (QED) is 0.249. The first-order chi connectivity index (χ1) is 10.3. The molecule has 0 unspecified atom stereocenters. The third kappa shape index (κ3) is 11.7. The average molecular weight is 350 g/mol. The van der Waals surface area contributed by atoms with E-state index >= 15 is 0 Å². The lowest BCUT2D eigenvalue weighted by molar-refractivity contribution is -0.889. The Hall–Kier alpha value is -1.45. The summed E-state index contributed by atoms with van der Waals surface area (Å²) in [5.41, 5.74) is -1.12. The Morgan fingerprint density at radius 2 is 1.87 bits per heavy atom. The van der Waals surface area contributed by atoms with Gasteiger partial charge in [0.15, 0.2) is 0 Å². The first kappa shape index (κ1) is 21.6. The Balaban J connectivity index is 4.30. The van der Waals surface area contributed by atoms with Crippen molar-refractivity contribution in [3.8, 4) is 0 Å². The fourth-order valence-electron chi connectivity index (χ4n) is 1.89. The molecule has 134 valence electrons. The first-order valence-corrected chi connectivity index (χ1v) is 8.70. The van der Waals surface area contributed by atoms with Crippen LogP contribution in [0.3, 0.4) is 0 Å².